The monoisotopic (exact) mass is 466 g/mol. The Hall–Kier alpha value is -1.90. The molecule has 0 aliphatic heterocycles. The van der Waals surface area contributed by atoms with Crippen LogP contribution in [-0.2, 0) is 6.42 Å². The lowest BCUT2D eigenvalue weighted by Crippen LogP contribution is -1.97. The average molecular weight is 467 g/mol. The van der Waals surface area contributed by atoms with Crippen molar-refractivity contribution in [1.82, 2.24) is 9.97 Å². The second-order valence-electron chi connectivity index (χ2n) is 9.84. The fourth-order valence-electron chi connectivity index (χ4n) is 4.40. The van der Waals surface area contributed by atoms with Gasteiger partial charge in [0, 0.05) is 18.0 Å². The Labute approximate surface area is 210 Å². The van der Waals surface area contributed by atoms with E-state index in [0.29, 0.717) is 0 Å². The number of aryl methyl sites for hydroxylation is 1. The van der Waals surface area contributed by atoms with Crippen LogP contribution in [0.1, 0.15) is 129 Å². The highest BCUT2D eigenvalue weighted by molar-refractivity contribution is 5.55. The van der Waals surface area contributed by atoms with Gasteiger partial charge >= 0.3 is 0 Å². The predicted molar refractivity (Wildman–Crippen MR) is 147 cm³/mol. The molecule has 0 bridgehead atoms. The molecule has 0 atom stereocenters. The van der Waals surface area contributed by atoms with Gasteiger partial charge in [-0.3, -0.25) is 0 Å². The molecule has 0 N–H and O–H groups in total. The van der Waals surface area contributed by atoms with Gasteiger partial charge in [0.15, 0.2) is 5.82 Å². The molecule has 0 saturated heterocycles. The van der Waals surface area contributed by atoms with Crippen LogP contribution in [0.15, 0.2) is 36.7 Å². The lowest BCUT2D eigenvalue weighted by atomic mass is 10.0. The van der Waals surface area contributed by atoms with Crippen molar-refractivity contribution in [2.75, 3.05) is 6.61 Å². The molecular formula is C31H50N2O. The fraction of sp³-hybridized carbons (Fsp3) is 0.677. The third kappa shape index (κ3) is 13.1. The van der Waals surface area contributed by atoms with Crippen molar-refractivity contribution in [3.8, 4) is 17.1 Å². The van der Waals surface area contributed by atoms with E-state index in [1.54, 1.807) is 0 Å². The minimum absolute atomic E-state index is 0.797. The van der Waals surface area contributed by atoms with E-state index in [2.05, 4.69) is 35.9 Å². The molecular weight excluding hydrogens is 416 g/mol. The van der Waals surface area contributed by atoms with Crippen molar-refractivity contribution in [3.63, 3.8) is 0 Å². The summed E-state index contributed by atoms with van der Waals surface area (Å²) in [5.41, 5.74) is 2.30. The number of nitrogens with zero attached hydrogens (tertiary/aromatic N) is 2. The molecule has 0 spiro atoms. The minimum atomic E-state index is 0.797. The number of aromatic nitrogens is 2. The zero-order valence-corrected chi connectivity index (χ0v) is 22.2. The summed E-state index contributed by atoms with van der Waals surface area (Å²) in [7, 11) is 0. The Kier molecular flexibility index (Phi) is 16.2. The summed E-state index contributed by atoms with van der Waals surface area (Å²) in [6, 6.07) is 8.21. The van der Waals surface area contributed by atoms with E-state index in [1.165, 1.54) is 108 Å². The van der Waals surface area contributed by atoms with E-state index in [0.717, 1.165) is 36.6 Å². The summed E-state index contributed by atoms with van der Waals surface area (Å²) in [6.07, 6.45) is 28.0. The molecule has 1 heterocycles. The van der Waals surface area contributed by atoms with Gasteiger partial charge in [0.2, 0.25) is 0 Å². The number of hydrogen-bond donors (Lipinski definition) is 0. The maximum absolute atomic E-state index is 5.90. The normalized spacial score (nSPS) is 11.1. The smallest absolute Gasteiger partial charge is 0.159 e. The van der Waals surface area contributed by atoms with Crippen LogP contribution in [0.4, 0.5) is 0 Å². The van der Waals surface area contributed by atoms with Crippen LogP contribution in [0.3, 0.4) is 0 Å². The lowest BCUT2D eigenvalue weighted by Gasteiger charge is -2.07. The minimum Gasteiger partial charge on any atom is -0.494 e. The van der Waals surface area contributed by atoms with Crippen LogP contribution in [0.5, 0.6) is 5.75 Å². The fourth-order valence-corrected chi connectivity index (χ4v) is 4.40. The van der Waals surface area contributed by atoms with Crippen molar-refractivity contribution in [2.24, 2.45) is 0 Å². The zero-order chi connectivity index (χ0) is 24.1. The summed E-state index contributed by atoms with van der Waals surface area (Å²) < 4.78 is 5.90. The van der Waals surface area contributed by atoms with E-state index in [-0.39, 0.29) is 0 Å². The first kappa shape index (κ1) is 28.3. The summed E-state index contributed by atoms with van der Waals surface area (Å²) >= 11 is 0. The molecule has 190 valence electrons. The van der Waals surface area contributed by atoms with Crippen LogP contribution in [0.2, 0.25) is 0 Å². The van der Waals surface area contributed by atoms with Crippen LogP contribution in [0.25, 0.3) is 11.4 Å². The number of rotatable bonds is 21. The largest absolute Gasteiger partial charge is 0.494 e. The van der Waals surface area contributed by atoms with Crippen molar-refractivity contribution < 1.29 is 4.74 Å². The number of ether oxygens (including phenoxy) is 1. The van der Waals surface area contributed by atoms with Gasteiger partial charge in [0.25, 0.3) is 0 Å². The van der Waals surface area contributed by atoms with Gasteiger partial charge in [0.1, 0.15) is 5.75 Å². The first-order chi connectivity index (χ1) is 16.8. The second-order valence-corrected chi connectivity index (χ2v) is 9.84. The van der Waals surface area contributed by atoms with Crippen LogP contribution >= 0.6 is 0 Å². The Balaban J connectivity index is 1.56. The third-order valence-corrected chi connectivity index (χ3v) is 6.65. The highest BCUT2D eigenvalue weighted by atomic mass is 16.5. The van der Waals surface area contributed by atoms with Crippen molar-refractivity contribution in [2.45, 2.75) is 129 Å². The Morgan fingerprint density at radius 3 is 1.56 bits per heavy atom. The first-order valence-electron chi connectivity index (χ1n) is 14.4. The maximum Gasteiger partial charge on any atom is 0.159 e. The SMILES string of the molecule is CCCCCCCCCCCCc1cnc(-c2ccc(OCCCCCCCCC)cc2)nc1. The van der Waals surface area contributed by atoms with Crippen LogP contribution < -0.4 is 4.74 Å². The van der Waals surface area contributed by atoms with E-state index in [9.17, 15) is 0 Å². The number of hydrogen-bond acceptors (Lipinski definition) is 3. The summed E-state index contributed by atoms with van der Waals surface area (Å²) in [5, 5.41) is 0. The molecule has 1 aromatic heterocycles. The Morgan fingerprint density at radius 1 is 0.559 bits per heavy atom. The molecule has 3 heteroatoms. The van der Waals surface area contributed by atoms with Gasteiger partial charge in [-0.2, -0.15) is 0 Å². The molecule has 34 heavy (non-hydrogen) atoms. The number of unbranched alkanes of at least 4 members (excludes halogenated alkanes) is 15. The molecule has 0 radical (unpaired) electrons. The molecule has 0 amide bonds. The predicted octanol–water partition coefficient (Wildman–Crippen LogP) is 9.74. The maximum atomic E-state index is 5.90. The van der Waals surface area contributed by atoms with E-state index < -0.39 is 0 Å². The molecule has 2 rings (SSSR count). The molecule has 2 aromatic rings. The van der Waals surface area contributed by atoms with E-state index in [4.69, 9.17) is 4.74 Å². The van der Waals surface area contributed by atoms with Crippen LogP contribution in [-0.4, -0.2) is 16.6 Å². The van der Waals surface area contributed by atoms with Gasteiger partial charge in [-0.05, 0) is 49.1 Å². The molecule has 1 aromatic carbocycles. The highest BCUT2D eigenvalue weighted by Gasteiger charge is 2.03. The molecule has 0 saturated carbocycles. The van der Waals surface area contributed by atoms with Crippen LogP contribution in [0, 0.1) is 0 Å². The average Bonchev–Trinajstić information content (AvgIpc) is 2.87. The summed E-state index contributed by atoms with van der Waals surface area (Å²) in [5.74, 6) is 1.73. The van der Waals surface area contributed by atoms with Gasteiger partial charge in [-0.15, -0.1) is 0 Å². The molecule has 0 unspecified atom stereocenters. The van der Waals surface area contributed by atoms with Crippen molar-refractivity contribution in [1.29, 1.82) is 0 Å². The van der Waals surface area contributed by atoms with Gasteiger partial charge in [-0.1, -0.05) is 110 Å². The highest BCUT2D eigenvalue weighted by Crippen LogP contribution is 2.20. The Bertz CT molecular complexity index is 711. The molecule has 0 aliphatic rings. The van der Waals surface area contributed by atoms with E-state index >= 15 is 0 Å². The Morgan fingerprint density at radius 2 is 1.03 bits per heavy atom. The third-order valence-electron chi connectivity index (χ3n) is 6.65. The van der Waals surface area contributed by atoms with Gasteiger partial charge < -0.3 is 4.74 Å². The molecule has 3 nitrogen and oxygen atoms in total. The van der Waals surface area contributed by atoms with Gasteiger partial charge in [0.05, 0.1) is 6.61 Å². The van der Waals surface area contributed by atoms with Crippen molar-refractivity contribution >= 4 is 0 Å². The topological polar surface area (TPSA) is 35.0 Å². The van der Waals surface area contributed by atoms with E-state index in [1.807, 2.05) is 24.5 Å². The standard InChI is InChI=1S/C31H50N2O/c1-3-5-7-9-11-12-13-14-16-18-20-28-26-32-31(33-27-28)29-21-23-30(24-22-29)34-25-19-17-15-10-8-6-4-2/h21-24,26-27H,3-20,25H2,1-2H3. The summed E-state index contributed by atoms with van der Waals surface area (Å²) in [4.78, 5) is 9.22. The molecule has 0 aliphatic carbocycles. The van der Waals surface area contributed by atoms with Gasteiger partial charge in [-0.25, -0.2) is 9.97 Å². The quantitative estimate of drug-likeness (QED) is 0.172. The first-order valence-corrected chi connectivity index (χ1v) is 14.4. The lowest BCUT2D eigenvalue weighted by molar-refractivity contribution is 0.304. The summed E-state index contributed by atoms with van der Waals surface area (Å²) in [6.45, 7) is 5.35. The number of benzene rings is 1. The second kappa shape index (κ2) is 19.4. The molecule has 0 fully saturated rings. The zero-order valence-electron chi connectivity index (χ0n) is 22.2. The van der Waals surface area contributed by atoms with Crippen molar-refractivity contribution in [3.05, 3.63) is 42.2 Å².